The first-order valence-electron chi connectivity index (χ1n) is 12.3. The molecule has 0 atom stereocenters. The maximum atomic E-state index is 12.4. The molecule has 0 N–H and O–H groups in total. The normalized spacial score (nSPS) is 12.8. The Balaban J connectivity index is 0.000000454. The Morgan fingerprint density at radius 2 is 1.08 bits per heavy atom. The Hall–Kier alpha value is -0.966. The quantitative estimate of drug-likeness (QED) is 0.198. The fourth-order valence-electron chi connectivity index (χ4n) is 3.72. The van der Waals surface area contributed by atoms with E-state index in [1.165, 1.54) is 12.8 Å². The Kier molecular flexibility index (Phi) is 14.7. The molecular weight excluding hydrogens is 584 g/mol. The molecule has 200 valence electrons. The van der Waals surface area contributed by atoms with Crippen molar-refractivity contribution in [3.05, 3.63) is 84.0 Å². The van der Waals surface area contributed by atoms with E-state index in [-0.39, 0.29) is 12.2 Å². The maximum absolute atomic E-state index is 12.4. The summed E-state index contributed by atoms with van der Waals surface area (Å²) in [7, 11) is 12.0. The molecule has 1 aliphatic heterocycles. The standard InChI is InChI=1S/C24H27NO2P.C4H8O.3ClH.Ti/c1-18(2)26-21-14-8-10-16-23(21)28(25,20-12-6-5-7-13-20)24-17-11-9-15-22(24)27-19(3)4;1-2-4-5-3-1;;;;/h5-19H,1-4H3;1-4H2;3*1H;/q-1;;;;;+4/p-3. The Morgan fingerprint density at radius 3 is 1.43 bits per heavy atom. The van der Waals surface area contributed by atoms with Gasteiger partial charge in [0.15, 0.2) is 0 Å². The van der Waals surface area contributed by atoms with Crippen molar-refractivity contribution in [2.24, 2.45) is 0 Å². The predicted octanol–water partition coefficient (Wildman–Crippen LogP) is 8.17. The third-order valence-electron chi connectivity index (χ3n) is 5.11. The molecule has 0 unspecified atom stereocenters. The van der Waals surface area contributed by atoms with Gasteiger partial charge in [0.25, 0.3) is 0 Å². The molecule has 0 saturated carbocycles. The molecule has 3 aromatic rings. The molecule has 3 aromatic carbocycles. The van der Waals surface area contributed by atoms with Crippen molar-refractivity contribution in [2.45, 2.75) is 52.7 Å². The summed E-state index contributed by atoms with van der Waals surface area (Å²) in [6.45, 7) is 9.97. The zero-order valence-corrected chi connectivity index (χ0v) is 26.5. The van der Waals surface area contributed by atoms with Gasteiger partial charge in [0, 0.05) is 23.8 Å². The first kappa shape index (κ1) is 32.2. The molecule has 0 radical (unpaired) electrons. The molecule has 1 heterocycles. The van der Waals surface area contributed by atoms with Crippen molar-refractivity contribution < 1.29 is 28.9 Å². The van der Waals surface area contributed by atoms with Crippen LogP contribution in [0.5, 0.6) is 11.5 Å². The number of hydrogen-bond acceptors (Lipinski definition) is 3. The van der Waals surface area contributed by atoms with Gasteiger partial charge in [-0.15, -0.1) is 7.05 Å². The molecule has 0 bridgehead atoms. The van der Waals surface area contributed by atoms with E-state index >= 15 is 0 Å². The van der Waals surface area contributed by atoms with Gasteiger partial charge in [-0.25, -0.2) is 0 Å². The average Bonchev–Trinajstić information content (AvgIpc) is 3.44. The summed E-state index contributed by atoms with van der Waals surface area (Å²) >= 11 is -1.92. The van der Waals surface area contributed by atoms with Gasteiger partial charge in [0.05, 0.1) is 12.2 Å². The Bertz CT molecular complexity index is 1040. The molecule has 0 aliphatic carbocycles. The summed E-state index contributed by atoms with van der Waals surface area (Å²) in [5.41, 5.74) is 0. The van der Waals surface area contributed by atoms with Crippen molar-refractivity contribution in [1.82, 2.24) is 0 Å². The van der Waals surface area contributed by atoms with Gasteiger partial charge in [-0.05, 0) is 58.0 Å². The summed E-state index contributed by atoms with van der Waals surface area (Å²) in [5.74, 6) is 1.41. The second-order valence-corrected chi connectivity index (χ2v) is 19.3. The van der Waals surface area contributed by atoms with E-state index in [4.69, 9.17) is 42.1 Å². The van der Waals surface area contributed by atoms with Crippen LogP contribution in [-0.4, -0.2) is 25.4 Å². The number of nitrogens with zero attached hydrogens (tertiary/aromatic N) is 1. The summed E-state index contributed by atoms with van der Waals surface area (Å²) in [6.07, 6.45) is 2.57. The first-order valence-corrected chi connectivity index (χ1v) is 20.5. The molecule has 0 amide bonds. The molecule has 37 heavy (non-hydrogen) atoms. The van der Waals surface area contributed by atoms with Crippen LogP contribution in [0, 0.1) is 0 Å². The van der Waals surface area contributed by atoms with Crippen molar-refractivity contribution in [2.75, 3.05) is 13.2 Å². The average molecular weight is 619 g/mol. The van der Waals surface area contributed by atoms with Crippen molar-refractivity contribution in [3.8, 4) is 11.5 Å². The predicted molar refractivity (Wildman–Crippen MR) is 158 cm³/mol. The number of para-hydroxylation sites is 2. The van der Waals surface area contributed by atoms with E-state index in [1.54, 1.807) is 0 Å². The van der Waals surface area contributed by atoms with Crippen LogP contribution in [0.3, 0.4) is 0 Å². The monoisotopic (exact) mass is 617 g/mol. The SMILES string of the molecule is C1CCOC1.CC(C)Oc1ccccc1P(=[N-])(c1ccccc1)c1ccccc1OC(C)C.[Cl][Ti+]([Cl])[Cl]. The minimum absolute atomic E-state index is 0.00697. The zero-order valence-electron chi connectivity index (χ0n) is 21.7. The van der Waals surface area contributed by atoms with E-state index in [9.17, 15) is 5.16 Å². The van der Waals surface area contributed by atoms with Gasteiger partial charge < -0.3 is 19.4 Å². The fourth-order valence-corrected chi connectivity index (χ4v) is 6.63. The molecule has 4 rings (SSSR count). The molecule has 9 heteroatoms. The molecule has 1 aliphatic rings. The van der Waals surface area contributed by atoms with Crippen molar-refractivity contribution in [3.63, 3.8) is 0 Å². The van der Waals surface area contributed by atoms with Gasteiger partial charge in [-0.3, -0.25) is 0 Å². The van der Waals surface area contributed by atoms with Crippen LogP contribution >= 0.6 is 35.0 Å². The Labute approximate surface area is 239 Å². The van der Waals surface area contributed by atoms with E-state index in [0.717, 1.165) is 29.1 Å². The number of ether oxygens (including phenoxy) is 3. The number of rotatable bonds is 7. The van der Waals surface area contributed by atoms with Gasteiger partial charge >= 0.3 is 42.6 Å². The van der Waals surface area contributed by atoms with Crippen molar-refractivity contribution >= 4 is 50.9 Å². The third-order valence-corrected chi connectivity index (χ3v) is 8.29. The second kappa shape index (κ2) is 16.9. The van der Waals surface area contributed by atoms with Gasteiger partial charge in [-0.1, -0.05) is 66.7 Å². The van der Waals surface area contributed by atoms with E-state index in [1.807, 2.05) is 107 Å². The Morgan fingerprint density at radius 1 is 0.703 bits per heavy atom. The summed E-state index contributed by atoms with van der Waals surface area (Å²) in [4.78, 5) is 0. The molecule has 1 fully saturated rings. The van der Waals surface area contributed by atoms with Crippen molar-refractivity contribution in [1.29, 1.82) is 0 Å². The van der Waals surface area contributed by atoms with E-state index in [0.29, 0.717) is 11.5 Å². The summed E-state index contributed by atoms with van der Waals surface area (Å²) < 4.78 is 17.1. The first-order chi connectivity index (χ1) is 17.7. The molecule has 0 aromatic heterocycles. The zero-order chi connectivity index (χ0) is 27.3. The van der Waals surface area contributed by atoms with Crippen LogP contribution < -0.4 is 25.4 Å². The van der Waals surface area contributed by atoms with Crippen LogP contribution in [-0.2, 0) is 19.4 Å². The van der Waals surface area contributed by atoms with E-state index in [2.05, 4.69) is 0 Å². The van der Waals surface area contributed by atoms with Crippen LogP contribution in [0.25, 0.3) is 5.16 Å². The van der Waals surface area contributed by atoms with Crippen LogP contribution in [0.1, 0.15) is 40.5 Å². The molecule has 0 spiro atoms. The van der Waals surface area contributed by atoms with Crippen LogP contribution in [0.15, 0.2) is 78.9 Å². The molecule has 1 saturated heterocycles. The topological polar surface area (TPSA) is 50.0 Å². The van der Waals surface area contributed by atoms with Gasteiger partial charge in [0.1, 0.15) is 11.5 Å². The van der Waals surface area contributed by atoms with Crippen LogP contribution in [0.2, 0.25) is 0 Å². The summed E-state index contributed by atoms with van der Waals surface area (Å²) in [5, 5.41) is 14.8. The molecular formula is C28H35Cl3NO3PTi. The minimum atomic E-state index is -2.96. The number of benzene rings is 3. The number of hydrogen-bond donors (Lipinski definition) is 0. The number of halogens is 3. The fraction of sp³-hybridized carbons (Fsp3) is 0.357. The van der Waals surface area contributed by atoms with Gasteiger partial charge in [-0.2, -0.15) is 0 Å². The van der Waals surface area contributed by atoms with E-state index < -0.39 is 21.7 Å². The summed E-state index contributed by atoms with van der Waals surface area (Å²) in [6, 6.07) is 25.4. The third kappa shape index (κ3) is 10.6. The van der Waals surface area contributed by atoms with Crippen LogP contribution in [0.4, 0.5) is 0 Å². The molecule has 4 nitrogen and oxygen atoms in total. The second-order valence-electron chi connectivity index (χ2n) is 8.77. The van der Waals surface area contributed by atoms with Gasteiger partial charge in [0.2, 0.25) is 0 Å².